The molecule has 19 heavy (non-hydrogen) atoms. The third-order valence-electron chi connectivity index (χ3n) is 2.80. The van der Waals surface area contributed by atoms with Crippen LogP contribution in [0.5, 0.6) is 0 Å². The third kappa shape index (κ3) is 3.32. The van der Waals surface area contributed by atoms with Crippen LogP contribution in [0.3, 0.4) is 0 Å². The van der Waals surface area contributed by atoms with Gasteiger partial charge in [-0.2, -0.15) is 9.40 Å². The molecule has 0 unspecified atom stereocenters. The monoisotopic (exact) mass is 287 g/mol. The topological polar surface area (TPSA) is 116 Å². The van der Waals surface area contributed by atoms with Crippen LogP contribution in [-0.2, 0) is 10.0 Å². The predicted octanol–water partition coefficient (Wildman–Crippen LogP) is 0.752. The molecule has 8 heteroatoms. The highest BCUT2D eigenvalue weighted by molar-refractivity contribution is 7.89. The van der Waals surface area contributed by atoms with Gasteiger partial charge in [-0.25, -0.2) is 8.42 Å². The summed E-state index contributed by atoms with van der Waals surface area (Å²) in [6, 6.07) is -0.210. The van der Waals surface area contributed by atoms with Crippen molar-refractivity contribution in [3.05, 3.63) is 11.4 Å². The Bertz CT molecular complexity index is 542. The second kappa shape index (κ2) is 5.70. The third-order valence-corrected chi connectivity index (χ3v) is 5.14. The van der Waals surface area contributed by atoms with E-state index in [9.17, 15) is 8.42 Å². The number of nitrogens with zero attached hydrogens (tertiary/aromatic N) is 2. The number of aromatic nitrogens is 2. The van der Waals surface area contributed by atoms with Crippen LogP contribution >= 0.6 is 0 Å². The molecule has 0 aliphatic carbocycles. The molecular weight excluding hydrogens is 266 g/mol. The van der Waals surface area contributed by atoms with Crippen LogP contribution in [-0.4, -0.2) is 41.3 Å². The van der Waals surface area contributed by atoms with E-state index in [1.54, 1.807) is 27.7 Å². The Morgan fingerprint density at radius 3 is 2.42 bits per heavy atom. The molecule has 0 saturated carbocycles. The van der Waals surface area contributed by atoms with Gasteiger partial charge in [0.15, 0.2) is 0 Å². The van der Waals surface area contributed by atoms with Gasteiger partial charge < -0.3 is 5.73 Å². The first-order valence-corrected chi connectivity index (χ1v) is 7.48. The van der Waals surface area contributed by atoms with E-state index < -0.39 is 10.0 Å². The molecule has 0 amide bonds. The van der Waals surface area contributed by atoms with Gasteiger partial charge in [0.25, 0.3) is 0 Å². The van der Waals surface area contributed by atoms with Crippen LogP contribution in [0.2, 0.25) is 0 Å². The zero-order valence-corrected chi connectivity index (χ0v) is 12.5. The van der Waals surface area contributed by atoms with Gasteiger partial charge in [-0.05, 0) is 27.7 Å². The molecule has 0 fully saturated rings. The van der Waals surface area contributed by atoms with Gasteiger partial charge in [0.1, 0.15) is 4.90 Å². The molecule has 0 radical (unpaired) electrons. The molecule has 0 spiro atoms. The van der Waals surface area contributed by atoms with E-state index in [0.29, 0.717) is 11.4 Å². The molecule has 1 heterocycles. The summed E-state index contributed by atoms with van der Waals surface area (Å²) >= 11 is 0. The average Bonchev–Trinajstić information content (AvgIpc) is 2.57. The number of aromatic amines is 1. The van der Waals surface area contributed by atoms with Gasteiger partial charge in [-0.1, -0.05) is 0 Å². The molecule has 1 aromatic heterocycles. The molecular formula is C11H21N5O2S. The summed E-state index contributed by atoms with van der Waals surface area (Å²) in [5.41, 5.74) is 6.28. The summed E-state index contributed by atoms with van der Waals surface area (Å²) in [5, 5.41) is 13.8. The summed E-state index contributed by atoms with van der Waals surface area (Å²) in [7, 11) is -3.63. The van der Waals surface area contributed by atoms with Crippen molar-refractivity contribution >= 4 is 15.9 Å². The van der Waals surface area contributed by atoms with E-state index in [1.807, 2.05) is 0 Å². The molecule has 0 aromatic carbocycles. The molecule has 0 bridgehead atoms. The highest BCUT2D eigenvalue weighted by Crippen LogP contribution is 2.23. The number of sulfonamides is 1. The number of amidine groups is 1. The normalized spacial score (nSPS) is 12.3. The van der Waals surface area contributed by atoms with Crippen molar-refractivity contribution in [2.45, 2.75) is 45.1 Å². The Morgan fingerprint density at radius 2 is 2.05 bits per heavy atom. The first-order chi connectivity index (χ1) is 8.67. The molecule has 4 N–H and O–H groups in total. The Kier molecular flexibility index (Phi) is 4.70. The first-order valence-electron chi connectivity index (χ1n) is 6.04. The van der Waals surface area contributed by atoms with Crippen LogP contribution in [0, 0.1) is 19.3 Å². The van der Waals surface area contributed by atoms with Crippen molar-refractivity contribution in [2.24, 2.45) is 5.73 Å². The quantitative estimate of drug-likeness (QED) is 0.529. The molecule has 0 atom stereocenters. The van der Waals surface area contributed by atoms with Gasteiger partial charge in [0.2, 0.25) is 10.0 Å². The summed E-state index contributed by atoms with van der Waals surface area (Å²) in [5.74, 6) is -0.0264. The molecule has 1 aromatic rings. The van der Waals surface area contributed by atoms with E-state index in [2.05, 4.69) is 10.2 Å². The number of hydrogen-bond donors (Lipinski definition) is 3. The molecule has 7 nitrogen and oxygen atoms in total. The zero-order chi connectivity index (χ0) is 14.8. The number of nitrogens with one attached hydrogen (secondary N) is 2. The van der Waals surface area contributed by atoms with E-state index in [-0.39, 0.29) is 29.7 Å². The minimum absolute atomic E-state index is 0.0264. The highest BCUT2D eigenvalue weighted by Gasteiger charge is 2.31. The lowest BCUT2D eigenvalue weighted by Gasteiger charge is -2.25. The number of aryl methyl sites for hydroxylation is 2. The van der Waals surface area contributed by atoms with Gasteiger partial charge in [0.05, 0.1) is 17.2 Å². The second-order valence-corrected chi connectivity index (χ2v) is 6.58. The van der Waals surface area contributed by atoms with Gasteiger partial charge in [-0.3, -0.25) is 10.5 Å². The number of H-pyrrole nitrogens is 1. The first kappa shape index (κ1) is 15.6. The Balaban J connectivity index is 3.17. The summed E-state index contributed by atoms with van der Waals surface area (Å²) in [6.45, 7) is 7.11. The van der Waals surface area contributed by atoms with Crippen LogP contribution in [0.25, 0.3) is 0 Å². The van der Waals surface area contributed by atoms with Gasteiger partial charge in [0, 0.05) is 19.0 Å². The number of hydrogen-bond acceptors (Lipinski definition) is 4. The summed E-state index contributed by atoms with van der Waals surface area (Å²) in [6.07, 6.45) is 0.216. The molecule has 108 valence electrons. The number of nitrogens with two attached hydrogens (primary N) is 1. The Morgan fingerprint density at radius 1 is 1.47 bits per heavy atom. The van der Waals surface area contributed by atoms with Crippen molar-refractivity contribution in [1.82, 2.24) is 14.5 Å². The van der Waals surface area contributed by atoms with Crippen molar-refractivity contribution in [1.29, 1.82) is 5.41 Å². The maximum Gasteiger partial charge on any atom is 0.246 e. The second-order valence-electron chi connectivity index (χ2n) is 4.75. The standard InChI is InChI=1S/C11H21N5O2S/c1-7(2)16(6-5-10(12)13)19(17,18)11-8(3)14-15-9(11)4/h7H,5-6H2,1-4H3,(H3,12,13)(H,14,15). The van der Waals surface area contributed by atoms with Gasteiger partial charge in [-0.15, -0.1) is 0 Å². The predicted molar refractivity (Wildman–Crippen MR) is 73.6 cm³/mol. The maximum absolute atomic E-state index is 12.6. The largest absolute Gasteiger partial charge is 0.388 e. The zero-order valence-electron chi connectivity index (χ0n) is 11.7. The van der Waals surface area contributed by atoms with Crippen molar-refractivity contribution in [2.75, 3.05) is 6.54 Å². The average molecular weight is 287 g/mol. The van der Waals surface area contributed by atoms with Gasteiger partial charge >= 0.3 is 0 Å². The van der Waals surface area contributed by atoms with Crippen molar-refractivity contribution in [3.8, 4) is 0 Å². The Hall–Kier alpha value is -1.41. The lowest BCUT2D eigenvalue weighted by molar-refractivity contribution is 0.361. The lowest BCUT2D eigenvalue weighted by Crippen LogP contribution is -2.39. The van der Waals surface area contributed by atoms with Crippen molar-refractivity contribution in [3.63, 3.8) is 0 Å². The smallest absolute Gasteiger partial charge is 0.246 e. The summed E-state index contributed by atoms with van der Waals surface area (Å²) in [4.78, 5) is 0.213. The minimum Gasteiger partial charge on any atom is -0.388 e. The van der Waals surface area contributed by atoms with E-state index in [1.165, 1.54) is 4.31 Å². The maximum atomic E-state index is 12.6. The van der Waals surface area contributed by atoms with Crippen LogP contribution in [0.15, 0.2) is 4.90 Å². The molecule has 0 saturated heterocycles. The van der Waals surface area contributed by atoms with Crippen LogP contribution in [0.4, 0.5) is 0 Å². The lowest BCUT2D eigenvalue weighted by atomic mass is 10.3. The van der Waals surface area contributed by atoms with Crippen LogP contribution in [0.1, 0.15) is 31.7 Å². The summed E-state index contributed by atoms with van der Waals surface area (Å²) < 4.78 is 26.6. The SMILES string of the molecule is Cc1n[nH]c(C)c1S(=O)(=O)N(CCC(=N)N)C(C)C. The van der Waals surface area contributed by atoms with Crippen molar-refractivity contribution < 1.29 is 8.42 Å². The Labute approximate surface area is 113 Å². The van der Waals surface area contributed by atoms with E-state index in [0.717, 1.165) is 0 Å². The minimum atomic E-state index is -3.63. The fourth-order valence-corrected chi connectivity index (χ4v) is 3.90. The molecule has 1 rings (SSSR count). The van der Waals surface area contributed by atoms with Crippen LogP contribution < -0.4 is 5.73 Å². The fourth-order valence-electron chi connectivity index (χ4n) is 1.92. The fraction of sp³-hybridized carbons (Fsp3) is 0.636. The highest BCUT2D eigenvalue weighted by atomic mass is 32.2. The van der Waals surface area contributed by atoms with E-state index >= 15 is 0 Å². The molecule has 0 aliphatic heterocycles. The van der Waals surface area contributed by atoms with E-state index in [4.69, 9.17) is 11.1 Å². The number of rotatable bonds is 6. The molecule has 0 aliphatic rings.